The number of hydrogen-bond donors (Lipinski definition) is 5. The Morgan fingerprint density at radius 2 is 1.57 bits per heavy atom. The van der Waals surface area contributed by atoms with Gasteiger partial charge >= 0.3 is 0 Å². The molecule has 5 N–H and O–H groups in total. The number of amides is 2. The van der Waals surface area contributed by atoms with Crippen molar-refractivity contribution in [3.8, 4) is 11.4 Å². The molecule has 0 radical (unpaired) electrons. The molecule has 0 aliphatic heterocycles. The van der Waals surface area contributed by atoms with Gasteiger partial charge in [0.25, 0.3) is 17.0 Å². The number of aromatic hydroxyl groups is 1. The monoisotopic (exact) mass is 570 g/mol. The summed E-state index contributed by atoms with van der Waals surface area (Å²) in [6, 6.07) is 21.2. The van der Waals surface area contributed by atoms with E-state index in [1.165, 1.54) is 17.0 Å². The average molecular weight is 571 g/mol. The first-order valence-corrected chi connectivity index (χ1v) is 13.5. The van der Waals surface area contributed by atoms with Crippen LogP contribution in [0.2, 0.25) is 0 Å². The Kier molecular flexibility index (Phi) is 9.11. The molecule has 4 aromatic rings. The van der Waals surface area contributed by atoms with Gasteiger partial charge in [-0.1, -0.05) is 61.5 Å². The number of benzene rings is 3. The number of phenols is 1. The van der Waals surface area contributed by atoms with Crippen LogP contribution in [0.5, 0.6) is 5.75 Å². The number of para-hydroxylation sites is 2. The number of rotatable bonds is 10. The highest BCUT2D eigenvalue weighted by Gasteiger charge is 2.25. The maximum atomic E-state index is 13.8. The van der Waals surface area contributed by atoms with E-state index < -0.39 is 28.8 Å². The third-order valence-corrected chi connectivity index (χ3v) is 6.76. The Balaban J connectivity index is 1.77. The average Bonchev–Trinajstić information content (AvgIpc) is 2.99. The van der Waals surface area contributed by atoms with Crippen LogP contribution in [0, 0.1) is 0 Å². The minimum absolute atomic E-state index is 0.00782. The van der Waals surface area contributed by atoms with Crippen molar-refractivity contribution in [2.45, 2.75) is 32.4 Å². The number of nitrogens with zero attached hydrogens (tertiary/aromatic N) is 2. The molecule has 0 aliphatic carbocycles. The van der Waals surface area contributed by atoms with Crippen molar-refractivity contribution in [1.82, 2.24) is 20.0 Å². The first-order chi connectivity index (χ1) is 20.1. The van der Waals surface area contributed by atoms with Gasteiger partial charge < -0.3 is 26.0 Å². The summed E-state index contributed by atoms with van der Waals surface area (Å²) in [6.45, 7) is 3.63. The van der Waals surface area contributed by atoms with E-state index in [0.717, 1.165) is 10.2 Å². The van der Waals surface area contributed by atoms with Crippen molar-refractivity contribution >= 4 is 28.9 Å². The summed E-state index contributed by atoms with van der Waals surface area (Å²) >= 11 is 0. The van der Waals surface area contributed by atoms with Crippen LogP contribution < -0.4 is 27.1 Å². The van der Waals surface area contributed by atoms with Gasteiger partial charge in [0.05, 0.1) is 23.0 Å². The highest BCUT2D eigenvalue weighted by molar-refractivity contribution is 5.99. The largest absolute Gasteiger partial charge is 0.505 e. The maximum absolute atomic E-state index is 13.8. The van der Waals surface area contributed by atoms with Crippen molar-refractivity contribution in [3.05, 3.63) is 111 Å². The van der Waals surface area contributed by atoms with Crippen molar-refractivity contribution in [1.29, 1.82) is 0 Å². The number of carbonyl (C=O) groups excluding carboxylic acids is 2. The third-order valence-electron chi connectivity index (χ3n) is 6.76. The number of hydrogen-bond acceptors (Lipinski definition) is 7. The molecule has 42 heavy (non-hydrogen) atoms. The summed E-state index contributed by atoms with van der Waals surface area (Å²) in [5.74, 6) is -1.21. The number of aromatic amines is 1. The van der Waals surface area contributed by atoms with Gasteiger partial charge in [-0.25, -0.2) is 4.68 Å². The SMILES string of the molecule is CC[C@@H](Nc1c(Nc2cccc(C(=O)N(C)C)c2O)c(=O)n(-c2ccccc2)[nH]c1=O)C(=O)NC(C)c1ccccc1. The van der Waals surface area contributed by atoms with Gasteiger partial charge in [0.15, 0.2) is 5.75 Å². The molecule has 0 fully saturated rings. The highest BCUT2D eigenvalue weighted by atomic mass is 16.3. The van der Waals surface area contributed by atoms with Gasteiger partial charge in [0.2, 0.25) is 5.91 Å². The summed E-state index contributed by atoms with van der Waals surface area (Å²) in [6.07, 6.45) is 0.298. The van der Waals surface area contributed by atoms with Crippen LogP contribution in [0.1, 0.15) is 42.2 Å². The molecule has 3 aromatic carbocycles. The lowest BCUT2D eigenvalue weighted by Crippen LogP contribution is -2.43. The normalized spacial score (nSPS) is 12.2. The van der Waals surface area contributed by atoms with Gasteiger partial charge in [-0.3, -0.25) is 24.3 Å². The third kappa shape index (κ3) is 6.35. The molecule has 0 saturated heterocycles. The molecule has 0 spiro atoms. The van der Waals surface area contributed by atoms with Crippen LogP contribution in [-0.4, -0.2) is 51.7 Å². The molecule has 1 unspecified atom stereocenters. The number of aromatic nitrogens is 2. The van der Waals surface area contributed by atoms with E-state index in [9.17, 15) is 24.3 Å². The molecule has 218 valence electrons. The van der Waals surface area contributed by atoms with Crippen LogP contribution in [0.4, 0.5) is 17.1 Å². The fraction of sp³-hybridized carbons (Fsp3) is 0.226. The smallest absolute Gasteiger partial charge is 0.295 e. The predicted octanol–water partition coefficient (Wildman–Crippen LogP) is 3.74. The van der Waals surface area contributed by atoms with E-state index in [4.69, 9.17) is 0 Å². The molecule has 0 aliphatic rings. The second-order valence-corrected chi connectivity index (χ2v) is 9.94. The van der Waals surface area contributed by atoms with E-state index in [1.807, 2.05) is 37.3 Å². The summed E-state index contributed by atoms with van der Waals surface area (Å²) in [5.41, 5.74) is -0.384. The van der Waals surface area contributed by atoms with Crippen LogP contribution in [0.25, 0.3) is 5.69 Å². The van der Waals surface area contributed by atoms with Gasteiger partial charge in [0.1, 0.15) is 17.4 Å². The number of carbonyl (C=O) groups is 2. The van der Waals surface area contributed by atoms with Gasteiger partial charge in [-0.15, -0.1) is 0 Å². The zero-order chi connectivity index (χ0) is 30.4. The lowest BCUT2D eigenvalue weighted by Gasteiger charge is -2.23. The summed E-state index contributed by atoms with van der Waals surface area (Å²) in [4.78, 5) is 54.5. The first kappa shape index (κ1) is 29.7. The molecule has 11 nitrogen and oxygen atoms in total. The fourth-order valence-electron chi connectivity index (χ4n) is 4.41. The molecule has 0 bridgehead atoms. The Morgan fingerprint density at radius 1 is 0.929 bits per heavy atom. The molecular weight excluding hydrogens is 536 g/mol. The van der Waals surface area contributed by atoms with Crippen LogP contribution >= 0.6 is 0 Å². The molecule has 0 saturated carbocycles. The maximum Gasteiger partial charge on any atom is 0.295 e. The minimum atomic E-state index is -0.875. The van der Waals surface area contributed by atoms with Gasteiger partial charge in [-0.2, -0.15) is 0 Å². The first-order valence-electron chi connectivity index (χ1n) is 13.5. The Morgan fingerprint density at radius 3 is 2.19 bits per heavy atom. The Hall–Kier alpha value is -5.32. The molecular formula is C31H34N6O5. The Labute approximate surface area is 242 Å². The molecule has 1 aromatic heterocycles. The summed E-state index contributed by atoms with van der Waals surface area (Å²) < 4.78 is 1.07. The van der Waals surface area contributed by atoms with E-state index in [0.29, 0.717) is 12.1 Å². The second-order valence-electron chi connectivity index (χ2n) is 9.94. The quantitative estimate of drug-likeness (QED) is 0.182. The fourth-order valence-corrected chi connectivity index (χ4v) is 4.41. The molecule has 4 rings (SSSR count). The number of nitrogens with one attached hydrogen (secondary N) is 4. The summed E-state index contributed by atoms with van der Waals surface area (Å²) in [7, 11) is 3.10. The second kappa shape index (κ2) is 12.9. The molecule has 1 heterocycles. The zero-order valence-corrected chi connectivity index (χ0v) is 23.8. The van der Waals surface area contributed by atoms with E-state index in [-0.39, 0.29) is 34.6 Å². The predicted molar refractivity (Wildman–Crippen MR) is 163 cm³/mol. The molecule has 2 amide bonds. The van der Waals surface area contributed by atoms with Crippen LogP contribution in [0.3, 0.4) is 0 Å². The molecule has 11 heteroatoms. The lowest BCUT2D eigenvalue weighted by atomic mass is 10.1. The van der Waals surface area contributed by atoms with E-state index >= 15 is 0 Å². The van der Waals surface area contributed by atoms with Crippen LogP contribution in [-0.2, 0) is 4.79 Å². The number of H-pyrrole nitrogens is 1. The lowest BCUT2D eigenvalue weighted by molar-refractivity contribution is -0.122. The topological polar surface area (TPSA) is 149 Å². The number of phenolic OH excluding ortho intramolecular Hbond substituents is 1. The van der Waals surface area contributed by atoms with E-state index in [2.05, 4.69) is 21.0 Å². The molecule has 2 atom stereocenters. The van der Waals surface area contributed by atoms with Crippen molar-refractivity contribution < 1.29 is 14.7 Å². The zero-order valence-electron chi connectivity index (χ0n) is 23.8. The summed E-state index contributed by atoms with van der Waals surface area (Å²) in [5, 5.41) is 22.3. The minimum Gasteiger partial charge on any atom is -0.505 e. The van der Waals surface area contributed by atoms with Gasteiger partial charge in [-0.05, 0) is 43.2 Å². The highest BCUT2D eigenvalue weighted by Crippen LogP contribution is 2.31. The van der Waals surface area contributed by atoms with Crippen molar-refractivity contribution in [3.63, 3.8) is 0 Å². The number of anilines is 3. The standard InChI is InChI=1S/C31H34N6O5/c1-5-23(28(39)32-19(2)20-13-8-6-9-14-20)33-25-26(31(42)37(35-29(25)40)21-15-10-7-11-16-21)34-24-18-12-17-22(27(24)38)30(41)36(3)4/h6-19,23,33-34,38H,5H2,1-4H3,(H,32,39)(H,35,40)/t19?,23-/m1/s1. The van der Waals surface area contributed by atoms with Crippen molar-refractivity contribution in [2.24, 2.45) is 0 Å². The van der Waals surface area contributed by atoms with Crippen molar-refractivity contribution in [2.75, 3.05) is 24.7 Å². The van der Waals surface area contributed by atoms with E-state index in [1.54, 1.807) is 57.4 Å². The van der Waals surface area contributed by atoms with Gasteiger partial charge in [0, 0.05) is 14.1 Å². The van der Waals surface area contributed by atoms with Crippen LogP contribution in [0.15, 0.2) is 88.5 Å². The Bertz CT molecular complexity index is 1680.